The molecule has 1 aliphatic heterocycles. The number of benzene rings is 2. The maximum absolute atomic E-state index is 13.4. The van der Waals surface area contributed by atoms with Gasteiger partial charge in [0.1, 0.15) is 0 Å². The third-order valence-corrected chi connectivity index (χ3v) is 7.52. The molecule has 11 heteroatoms. The molecule has 1 aromatic heterocycles. The monoisotopic (exact) mass is 602 g/mol. The van der Waals surface area contributed by atoms with E-state index in [0.29, 0.717) is 35.9 Å². The van der Waals surface area contributed by atoms with Crippen LogP contribution < -0.4 is 10.1 Å². The first-order chi connectivity index (χ1) is 21.3. The lowest BCUT2D eigenvalue weighted by atomic mass is 9.80. The molecule has 0 bridgehead atoms. The van der Waals surface area contributed by atoms with E-state index in [-0.39, 0.29) is 23.4 Å². The van der Waals surface area contributed by atoms with Crippen molar-refractivity contribution in [2.75, 3.05) is 20.3 Å². The SMILES string of the molecule is COC(=O)C1=C(C)NC(C)=C(C(=O)OCCCCCCOc2n[nH]cc2CCc2ccccc2)C1c1cccc([N+](=O)[O-])c1. The summed E-state index contributed by atoms with van der Waals surface area (Å²) in [5.74, 6) is -1.48. The van der Waals surface area contributed by atoms with Gasteiger partial charge in [-0.25, -0.2) is 9.59 Å². The number of ether oxygens (including phenoxy) is 3. The smallest absolute Gasteiger partial charge is 0.336 e. The molecule has 3 aromatic rings. The van der Waals surface area contributed by atoms with Crippen molar-refractivity contribution in [3.05, 3.63) is 110 Å². The Labute approximate surface area is 256 Å². The van der Waals surface area contributed by atoms with Crippen molar-refractivity contribution in [1.82, 2.24) is 15.5 Å². The van der Waals surface area contributed by atoms with Gasteiger partial charge < -0.3 is 19.5 Å². The second-order valence-electron chi connectivity index (χ2n) is 10.6. The zero-order chi connectivity index (χ0) is 31.5. The minimum atomic E-state index is -0.882. The fraction of sp³-hybridized carbons (Fsp3) is 0.364. The van der Waals surface area contributed by atoms with Crippen LogP contribution in [0.3, 0.4) is 0 Å². The van der Waals surface area contributed by atoms with Crippen LogP contribution in [-0.2, 0) is 31.9 Å². The fourth-order valence-electron chi connectivity index (χ4n) is 5.30. The van der Waals surface area contributed by atoms with Crippen LogP contribution in [0.5, 0.6) is 5.88 Å². The zero-order valence-electron chi connectivity index (χ0n) is 25.3. The van der Waals surface area contributed by atoms with Crippen molar-refractivity contribution < 1.29 is 28.7 Å². The van der Waals surface area contributed by atoms with Gasteiger partial charge in [-0.15, -0.1) is 5.10 Å². The summed E-state index contributed by atoms with van der Waals surface area (Å²) in [4.78, 5) is 37.1. The Hall–Kier alpha value is -4.93. The molecular weight excluding hydrogens is 564 g/mol. The third kappa shape index (κ3) is 8.12. The second kappa shape index (κ2) is 15.5. The van der Waals surface area contributed by atoms with E-state index in [2.05, 4.69) is 27.6 Å². The highest BCUT2D eigenvalue weighted by molar-refractivity contribution is 5.99. The van der Waals surface area contributed by atoms with Crippen LogP contribution in [-0.4, -0.2) is 47.4 Å². The highest BCUT2D eigenvalue weighted by Gasteiger charge is 2.38. The molecule has 0 saturated heterocycles. The minimum Gasteiger partial charge on any atom is -0.476 e. The molecule has 1 aliphatic rings. The van der Waals surface area contributed by atoms with Crippen LogP contribution in [0.1, 0.15) is 62.1 Å². The summed E-state index contributed by atoms with van der Waals surface area (Å²) in [6.45, 7) is 4.14. The number of aromatic nitrogens is 2. The lowest BCUT2D eigenvalue weighted by Crippen LogP contribution is -2.32. The molecule has 0 spiro atoms. The number of nitrogens with one attached hydrogen (secondary N) is 2. The molecule has 0 aliphatic carbocycles. The lowest BCUT2D eigenvalue weighted by Gasteiger charge is -2.30. The molecule has 0 fully saturated rings. The summed E-state index contributed by atoms with van der Waals surface area (Å²) in [5.41, 5.74) is 4.02. The summed E-state index contributed by atoms with van der Waals surface area (Å²) < 4.78 is 16.5. The van der Waals surface area contributed by atoms with Crippen LogP contribution in [0.2, 0.25) is 0 Å². The summed E-state index contributed by atoms with van der Waals surface area (Å²) in [7, 11) is 1.25. The van der Waals surface area contributed by atoms with Gasteiger partial charge in [0.15, 0.2) is 0 Å². The number of hydrogen-bond acceptors (Lipinski definition) is 9. The van der Waals surface area contributed by atoms with Gasteiger partial charge in [0.25, 0.3) is 5.69 Å². The fourth-order valence-corrected chi connectivity index (χ4v) is 5.30. The predicted octanol–water partition coefficient (Wildman–Crippen LogP) is 5.69. The summed E-state index contributed by atoms with van der Waals surface area (Å²) in [6.07, 6.45) is 6.81. The van der Waals surface area contributed by atoms with Crippen molar-refractivity contribution in [3.8, 4) is 5.88 Å². The van der Waals surface area contributed by atoms with Crippen molar-refractivity contribution >= 4 is 17.6 Å². The zero-order valence-corrected chi connectivity index (χ0v) is 25.3. The summed E-state index contributed by atoms with van der Waals surface area (Å²) >= 11 is 0. The molecule has 2 N–H and O–H groups in total. The number of esters is 2. The molecule has 2 heterocycles. The largest absolute Gasteiger partial charge is 0.476 e. The Balaban J connectivity index is 1.27. The molecular formula is C33H38N4O7. The van der Waals surface area contributed by atoms with E-state index in [9.17, 15) is 19.7 Å². The Bertz CT molecular complexity index is 1530. The molecule has 4 rings (SSSR count). The van der Waals surface area contributed by atoms with Gasteiger partial charge in [-0.05, 0) is 63.5 Å². The number of methoxy groups -OCH3 is 1. The van der Waals surface area contributed by atoms with Gasteiger partial charge in [-0.3, -0.25) is 15.2 Å². The van der Waals surface area contributed by atoms with Gasteiger partial charge >= 0.3 is 11.9 Å². The van der Waals surface area contributed by atoms with E-state index < -0.39 is 22.8 Å². The first-order valence-corrected chi connectivity index (χ1v) is 14.7. The molecule has 0 saturated carbocycles. The number of dihydropyridines is 1. The number of carbonyl (C=O) groups is 2. The summed E-state index contributed by atoms with van der Waals surface area (Å²) in [6, 6.07) is 16.2. The van der Waals surface area contributed by atoms with Gasteiger partial charge in [-0.1, -0.05) is 42.5 Å². The highest BCUT2D eigenvalue weighted by Crippen LogP contribution is 2.40. The number of nitro benzene ring substituents is 1. The van der Waals surface area contributed by atoms with Crippen LogP contribution in [0.25, 0.3) is 0 Å². The lowest BCUT2D eigenvalue weighted by molar-refractivity contribution is -0.384. The topological polar surface area (TPSA) is 146 Å². The molecule has 2 aromatic carbocycles. The number of nitro groups is 1. The Morgan fingerprint density at radius 1 is 0.909 bits per heavy atom. The molecule has 0 amide bonds. The van der Waals surface area contributed by atoms with Crippen LogP contribution in [0.15, 0.2) is 83.3 Å². The number of carbonyl (C=O) groups excluding carboxylic acids is 2. The maximum atomic E-state index is 13.4. The second-order valence-corrected chi connectivity index (χ2v) is 10.6. The number of nitrogens with zero attached hydrogens (tertiary/aromatic N) is 2. The van der Waals surface area contributed by atoms with E-state index >= 15 is 0 Å². The average molecular weight is 603 g/mol. The number of unbranched alkanes of at least 4 members (excludes halogenated alkanes) is 3. The van der Waals surface area contributed by atoms with E-state index in [1.807, 2.05) is 24.4 Å². The number of aromatic amines is 1. The van der Waals surface area contributed by atoms with Crippen molar-refractivity contribution in [3.63, 3.8) is 0 Å². The van der Waals surface area contributed by atoms with E-state index in [1.54, 1.807) is 19.9 Å². The number of H-pyrrole nitrogens is 1. The van der Waals surface area contributed by atoms with Gasteiger partial charge in [0.05, 0.1) is 42.3 Å². The highest BCUT2D eigenvalue weighted by atomic mass is 16.6. The van der Waals surface area contributed by atoms with Crippen LogP contribution in [0, 0.1) is 10.1 Å². The van der Waals surface area contributed by atoms with Gasteiger partial charge in [0, 0.05) is 35.3 Å². The van der Waals surface area contributed by atoms with Crippen LogP contribution >= 0.6 is 0 Å². The number of rotatable bonds is 15. The molecule has 1 unspecified atom stereocenters. The van der Waals surface area contributed by atoms with E-state index in [4.69, 9.17) is 14.2 Å². The van der Waals surface area contributed by atoms with Crippen molar-refractivity contribution in [1.29, 1.82) is 0 Å². The number of aryl methyl sites for hydroxylation is 2. The first-order valence-electron chi connectivity index (χ1n) is 14.7. The van der Waals surface area contributed by atoms with E-state index in [0.717, 1.165) is 37.7 Å². The number of non-ortho nitro benzene ring substituents is 1. The average Bonchev–Trinajstić information content (AvgIpc) is 3.48. The van der Waals surface area contributed by atoms with Crippen molar-refractivity contribution in [2.24, 2.45) is 0 Å². The molecule has 232 valence electrons. The first kappa shape index (κ1) is 32.0. The normalized spacial score (nSPS) is 14.7. The predicted molar refractivity (Wildman–Crippen MR) is 164 cm³/mol. The molecule has 44 heavy (non-hydrogen) atoms. The van der Waals surface area contributed by atoms with Crippen LogP contribution in [0.4, 0.5) is 5.69 Å². The maximum Gasteiger partial charge on any atom is 0.336 e. The number of allylic oxidation sites excluding steroid dienone is 2. The number of hydrogen-bond donors (Lipinski definition) is 2. The van der Waals surface area contributed by atoms with Gasteiger partial charge in [0.2, 0.25) is 5.88 Å². The standard InChI is InChI=1S/C33H38N4O7/c1-22-28(32(38)42-3)30(25-14-11-15-27(20-25)37(40)41)29(23(2)35-22)33(39)44-19-10-5-4-9-18-43-31-26(21-34-36-31)17-16-24-12-7-6-8-13-24/h6-8,11-15,20-21,30,35H,4-5,9-10,16-19H2,1-3H3,(H,34,36). The summed E-state index contributed by atoms with van der Waals surface area (Å²) in [5, 5.41) is 21.6. The van der Waals surface area contributed by atoms with Gasteiger partial charge in [-0.2, -0.15) is 0 Å². The molecule has 11 nitrogen and oxygen atoms in total. The Morgan fingerprint density at radius 3 is 2.32 bits per heavy atom. The quantitative estimate of drug-likeness (QED) is 0.0969. The molecule has 0 radical (unpaired) electrons. The van der Waals surface area contributed by atoms with E-state index in [1.165, 1.54) is 30.9 Å². The molecule has 1 atom stereocenters. The van der Waals surface area contributed by atoms with Crippen molar-refractivity contribution in [2.45, 2.75) is 58.3 Å². The minimum absolute atomic E-state index is 0.145. The Kier molecular flexibility index (Phi) is 11.3. The Morgan fingerprint density at radius 2 is 1.61 bits per heavy atom. The third-order valence-electron chi connectivity index (χ3n) is 7.52.